The van der Waals surface area contributed by atoms with Crippen LogP contribution < -0.4 is 0 Å². The largest absolute Gasteiger partial charge is 0.456 e. The first kappa shape index (κ1) is 21.8. The quantitative estimate of drug-likeness (QED) is 0.600. The standard InChI is InChI=1S/C21H30N2O5S/c24-20(16-28-21(25)11-10-18-6-4-5-7-18)22-12-14-23(15-13-22)29(26,27)17-19-8-2-1-3-9-19/h1-3,8-9,18H,4-7,10-17H2. The second-order valence-electron chi connectivity index (χ2n) is 7.87. The Kier molecular flexibility index (Phi) is 7.66. The van der Waals surface area contributed by atoms with E-state index in [9.17, 15) is 18.0 Å². The zero-order valence-corrected chi connectivity index (χ0v) is 17.6. The maximum atomic E-state index is 12.6. The summed E-state index contributed by atoms with van der Waals surface area (Å²) in [5.41, 5.74) is 0.746. The van der Waals surface area contributed by atoms with Crippen LogP contribution in [0.4, 0.5) is 0 Å². The predicted molar refractivity (Wildman–Crippen MR) is 109 cm³/mol. The maximum absolute atomic E-state index is 12.6. The molecule has 0 N–H and O–H groups in total. The Morgan fingerprint density at radius 2 is 1.66 bits per heavy atom. The molecule has 0 unspecified atom stereocenters. The van der Waals surface area contributed by atoms with Crippen molar-refractivity contribution in [2.45, 2.75) is 44.3 Å². The zero-order chi connectivity index (χ0) is 20.7. The highest BCUT2D eigenvalue weighted by atomic mass is 32.2. The van der Waals surface area contributed by atoms with E-state index >= 15 is 0 Å². The third-order valence-corrected chi connectivity index (χ3v) is 7.61. The average molecular weight is 423 g/mol. The summed E-state index contributed by atoms with van der Waals surface area (Å²) < 4.78 is 31.7. The minimum atomic E-state index is -3.42. The number of rotatable bonds is 8. The van der Waals surface area contributed by atoms with Crippen molar-refractivity contribution in [1.29, 1.82) is 0 Å². The van der Waals surface area contributed by atoms with Crippen LogP contribution in [-0.4, -0.2) is 62.3 Å². The number of piperazine rings is 1. The number of amides is 1. The molecule has 3 rings (SSSR count). The lowest BCUT2D eigenvalue weighted by molar-refractivity contribution is -0.152. The van der Waals surface area contributed by atoms with Gasteiger partial charge in [0.15, 0.2) is 6.61 Å². The first-order chi connectivity index (χ1) is 13.9. The van der Waals surface area contributed by atoms with Crippen LogP contribution in [0, 0.1) is 5.92 Å². The number of nitrogens with zero attached hydrogens (tertiary/aromatic N) is 2. The summed E-state index contributed by atoms with van der Waals surface area (Å²) in [5, 5.41) is 0. The summed E-state index contributed by atoms with van der Waals surface area (Å²) in [6.07, 6.45) is 6.05. The van der Waals surface area contributed by atoms with Crippen LogP contribution in [-0.2, 0) is 30.1 Å². The van der Waals surface area contributed by atoms with Crippen molar-refractivity contribution in [3.63, 3.8) is 0 Å². The molecule has 1 aromatic carbocycles. The number of hydrogen-bond donors (Lipinski definition) is 0. The van der Waals surface area contributed by atoms with Gasteiger partial charge in [-0.15, -0.1) is 0 Å². The highest BCUT2D eigenvalue weighted by molar-refractivity contribution is 7.88. The maximum Gasteiger partial charge on any atom is 0.306 e. The van der Waals surface area contributed by atoms with Gasteiger partial charge >= 0.3 is 5.97 Å². The van der Waals surface area contributed by atoms with Crippen molar-refractivity contribution in [3.05, 3.63) is 35.9 Å². The van der Waals surface area contributed by atoms with Gasteiger partial charge in [-0.2, -0.15) is 4.31 Å². The Balaban J connectivity index is 1.38. The van der Waals surface area contributed by atoms with Crippen LogP contribution in [0.15, 0.2) is 30.3 Å². The number of esters is 1. The lowest BCUT2D eigenvalue weighted by Gasteiger charge is -2.33. The van der Waals surface area contributed by atoms with E-state index in [1.807, 2.05) is 18.2 Å². The van der Waals surface area contributed by atoms with Crippen LogP contribution >= 0.6 is 0 Å². The monoisotopic (exact) mass is 422 g/mol. The molecule has 1 saturated carbocycles. The van der Waals surface area contributed by atoms with Gasteiger partial charge in [-0.05, 0) is 17.9 Å². The SMILES string of the molecule is O=C(CCC1CCCC1)OCC(=O)N1CCN(S(=O)(=O)Cc2ccccc2)CC1. The highest BCUT2D eigenvalue weighted by Crippen LogP contribution is 2.28. The third-order valence-electron chi connectivity index (χ3n) is 5.76. The van der Waals surface area contributed by atoms with Gasteiger partial charge in [0.05, 0.1) is 5.75 Å². The summed E-state index contributed by atoms with van der Waals surface area (Å²) in [5.74, 6) is -0.0155. The molecule has 0 radical (unpaired) electrons. The number of ether oxygens (including phenoxy) is 1. The number of carbonyl (C=O) groups is 2. The van der Waals surface area contributed by atoms with Gasteiger partial charge in [-0.25, -0.2) is 8.42 Å². The summed E-state index contributed by atoms with van der Waals surface area (Å²) >= 11 is 0. The number of hydrogen-bond acceptors (Lipinski definition) is 5. The van der Waals surface area contributed by atoms with Gasteiger partial charge in [0.1, 0.15) is 0 Å². The van der Waals surface area contributed by atoms with Gasteiger partial charge in [-0.1, -0.05) is 56.0 Å². The molecule has 7 nitrogen and oxygen atoms in total. The van der Waals surface area contributed by atoms with Crippen molar-refractivity contribution in [2.75, 3.05) is 32.8 Å². The van der Waals surface area contributed by atoms with E-state index in [1.165, 1.54) is 30.0 Å². The Morgan fingerprint density at radius 3 is 2.31 bits per heavy atom. The van der Waals surface area contributed by atoms with Crippen LogP contribution in [0.5, 0.6) is 0 Å². The summed E-state index contributed by atoms with van der Waals surface area (Å²) in [6.45, 7) is 0.881. The lowest BCUT2D eigenvalue weighted by Crippen LogP contribution is -2.51. The third kappa shape index (κ3) is 6.54. The molecule has 1 aromatic rings. The number of benzene rings is 1. The fourth-order valence-corrected chi connectivity index (χ4v) is 5.53. The highest BCUT2D eigenvalue weighted by Gasteiger charge is 2.29. The molecule has 1 aliphatic carbocycles. The number of carbonyl (C=O) groups excluding carboxylic acids is 2. The van der Waals surface area contributed by atoms with Gasteiger partial charge in [0, 0.05) is 32.6 Å². The molecule has 29 heavy (non-hydrogen) atoms. The van der Waals surface area contributed by atoms with Crippen LogP contribution in [0.1, 0.15) is 44.1 Å². The topological polar surface area (TPSA) is 84.0 Å². The van der Waals surface area contributed by atoms with Gasteiger partial charge in [-0.3, -0.25) is 9.59 Å². The zero-order valence-electron chi connectivity index (χ0n) is 16.8. The van der Waals surface area contributed by atoms with Gasteiger partial charge < -0.3 is 9.64 Å². The van der Waals surface area contributed by atoms with E-state index in [2.05, 4.69) is 0 Å². The predicted octanol–water partition coefficient (Wildman–Crippen LogP) is 2.17. The second-order valence-corrected chi connectivity index (χ2v) is 9.84. The molecule has 0 bridgehead atoms. The van der Waals surface area contributed by atoms with E-state index in [0.29, 0.717) is 25.4 Å². The molecule has 1 aliphatic heterocycles. The summed E-state index contributed by atoms with van der Waals surface area (Å²) in [4.78, 5) is 25.7. The summed E-state index contributed by atoms with van der Waals surface area (Å²) in [7, 11) is -3.42. The molecule has 1 heterocycles. The van der Waals surface area contributed by atoms with Crippen molar-refractivity contribution in [1.82, 2.24) is 9.21 Å². The first-order valence-electron chi connectivity index (χ1n) is 10.4. The average Bonchev–Trinajstić information content (AvgIpc) is 3.25. The fraction of sp³-hybridized carbons (Fsp3) is 0.619. The smallest absolute Gasteiger partial charge is 0.306 e. The molecule has 0 spiro atoms. The minimum absolute atomic E-state index is 0.0413. The molecule has 2 fully saturated rings. The lowest BCUT2D eigenvalue weighted by atomic mass is 10.0. The summed E-state index contributed by atoms with van der Waals surface area (Å²) in [6, 6.07) is 9.06. The van der Waals surface area contributed by atoms with E-state index in [4.69, 9.17) is 4.74 Å². The molecule has 0 atom stereocenters. The second kappa shape index (κ2) is 10.2. The Morgan fingerprint density at radius 1 is 1.00 bits per heavy atom. The molecular formula is C21H30N2O5S. The van der Waals surface area contributed by atoms with Crippen LogP contribution in [0.25, 0.3) is 0 Å². The Bertz CT molecular complexity index is 783. The molecule has 1 saturated heterocycles. The normalized spacial score (nSPS) is 18.7. The van der Waals surface area contributed by atoms with Crippen molar-refractivity contribution in [2.24, 2.45) is 5.92 Å². The first-order valence-corrected chi connectivity index (χ1v) is 12.0. The Hall–Kier alpha value is -1.93. The van der Waals surface area contributed by atoms with E-state index in [-0.39, 0.29) is 37.3 Å². The van der Waals surface area contributed by atoms with Crippen LogP contribution in [0.3, 0.4) is 0 Å². The van der Waals surface area contributed by atoms with Gasteiger partial charge in [0.2, 0.25) is 10.0 Å². The molecule has 2 aliphatic rings. The minimum Gasteiger partial charge on any atom is -0.456 e. The molecule has 0 aromatic heterocycles. The molecule has 160 valence electrons. The van der Waals surface area contributed by atoms with Crippen LogP contribution in [0.2, 0.25) is 0 Å². The molecule has 8 heteroatoms. The van der Waals surface area contributed by atoms with Gasteiger partial charge in [0.25, 0.3) is 5.91 Å². The number of sulfonamides is 1. The van der Waals surface area contributed by atoms with Crippen molar-refractivity contribution in [3.8, 4) is 0 Å². The van der Waals surface area contributed by atoms with Crippen molar-refractivity contribution < 1.29 is 22.7 Å². The van der Waals surface area contributed by atoms with E-state index in [1.54, 1.807) is 17.0 Å². The van der Waals surface area contributed by atoms with Crippen molar-refractivity contribution >= 4 is 21.9 Å². The Labute approximate surface area is 173 Å². The fourth-order valence-electron chi connectivity index (χ4n) is 4.02. The van der Waals surface area contributed by atoms with E-state index in [0.717, 1.165) is 12.0 Å². The molecule has 1 amide bonds. The van der Waals surface area contributed by atoms with E-state index < -0.39 is 10.0 Å². The molecular weight excluding hydrogens is 392 g/mol.